The maximum Gasteiger partial charge on any atom is 0.327 e. The number of fused-ring (bicyclic) bond motifs is 1. The normalized spacial score (nSPS) is 21.9. The van der Waals surface area contributed by atoms with Gasteiger partial charge in [-0.1, -0.05) is 12.1 Å². The zero-order chi connectivity index (χ0) is 28.6. The van der Waals surface area contributed by atoms with E-state index in [9.17, 15) is 39.6 Å². The molecule has 2 heterocycles. The monoisotopic (exact) mass is 560 g/mol. The van der Waals surface area contributed by atoms with E-state index in [1.54, 1.807) is 13.8 Å². The lowest BCUT2D eigenvalue weighted by molar-refractivity contribution is -0.161. The number of anilines is 1. The Morgan fingerprint density at radius 2 is 1.69 bits per heavy atom. The summed E-state index contributed by atoms with van der Waals surface area (Å²) in [6.45, 7) is 2.89. The van der Waals surface area contributed by atoms with Crippen LogP contribution in [0.2, 0.25) is 0 Å². The number of carbonyl (C=O) groups is 4. The number of aliphatic carboxylic acids is 1. The molecule has 208 valence electrons. The Bertz CT molecular complexity index is 1320. The predicted molar refractivity (Wildman–Crippen MR) is 139 cm³/mol. The molecule has 39 heavy (non-hydrogen) atoms. The van der Waals surface area contributed by atoms with Crippen LogP contribution in [0.3, 0.4) is 0 Å². The Morgan fingerprint density at radius 3 is 2.31 bits per heavy atom. The fourth-order valence-electron chi connectivity index (χ4n) is 4.71. The summed E-state index contributed by atoms with van der Waals surface area (Å²) >= 11 is 1.25. The Morgan fingerprint density at radius 1 is 1.05 bits per heavy atom. The van der Waals surface area contributed by atoms with Gasteiger partial charge < -0.3 is 46.4 Å². The number of hydrogen-bond acceptors (Lipinski definition) is 10. The molecule has 2 fully saturated rings. The van der Waals surface area contributed by atoms with Crippen LogP contribution in [-0.4, -0.2) is 89.5 Å². The highest BCUT2D eigenvalue weighted by molar-refractivity contribution is 8.01. The topological polar surface area (TPSA) is 209 Å². The van der Waals surface area contributed by atoms with Crippen molar-refractivity contribution in [2.45, 2.75) is 42.1 Å². The molecule has 4 rings (SSSR count). The number of thioether (sulfide) groups is 1. The lowest BCUT2D eigenvalue weighted by Crippen LogP contribution is -2.71. The number of carboxylic acid groups (broad SMARTS) is 1. The van der Waals surface area contributed by atoms with E-state index >= 15 is 0 Å². The van der Waals surface area contributed by atoms with Gasteiger partial charge in [-0.25, -0.2) is 4.79 Å². The van der Waals surface area contributed by atoms with Gasteiger partial charge in [-0.2, -0.15) is 0 Å². The summed E-state index contributed by atoms with van der Waals surface area (Å²) in [7, 11) is 0. The summed E-state index contributed by atoms with van der Waals surface area (Å²) in [5.74, 6) is -4.36. The molecule has 2 saturated heterocycles. The fraction of sp³-hybridized carbons (Fsp3) is 0.360. The number of aliphatic hydroxyl groups is 1. The van der Waals surface area contributed by atoms with Gasteiger partial charge in [0.15, 0.2) is 0 Å². The van der Waals surface area contributed by atoms with Crippen LogP contribution < -0.4 is 16.0 Å². The van der Waals surface area contributed by atoms with Crippen LogP contribution in [0.15, 0.2) is 36.4 Å². The second-order valence-electron chi connectivity index (χ2n) is 9.59. The molecular weight excluding hydrogens is 532 g/mol. The van der Waals surface area contributed by atoms with Gasteiger partial charge in [-0.3, -0.25) is 14.4 Å². The van der Waals surface area contributed by atoms with Crippen molar-refractivity contribution in [3.63, 3.8) is 0 Å². The number of phenolic OH excluding ortho intramolecular Hbond substituents is 3. The van der Waals surface area contributed by atoms with Crippen molar-refractivity contribution >= 4 is 41.1 Å². The average Bonchev–Trinajstić information content (AvgIpc) is 3.14. The van der Waals surface area contributed by atoms with Crippen LogP contribution in [-0.2, 0) is 14.4 Å². The van der Waals surface area contributed by atoms with Gasteiger partial charge in [0.1, 0.15) is 46.3 Å². The van der Waals surface area contributed by atoms with Gasteiger partial charge in [-0.15, -0.1) is 11.8 Å². The van der Waals surface area contributed by atoms with E-state index in [2.05, 4.69) is 16.0 Å². The maximum absolute atomic E-state index is 13.6. The Kier molecular flexibility index (Phi) is 7.52. The summed E-state index contributed by atoms with van der Waals surface area (Å²) in [5.41, 5.74) is -0.396. The molecule has 13 nitrogen and oxygen atoms in total. The molecule has 3 amide bonds. The summed E-state index contributed by atoms with van der Waals surface area (Å²) < 4.78 is -0.801. The lowest BCUT2D eigenvalue weighted by Gasteiger charge is -2.44. The molecule has 8 N–H and O–H groups in total. The molecule has 2 aromatic rings. The van der Waals surface area contributed by atoms with Gasteiger partial charge in [-0.05, 0) is 43.7 Å². The summed E-state index contributed by atoms with van der Waals surface area (Å²) in [4.78, 5) is 52.2. The van der Waals surface area contributed by atoms with Gasteiger partial charge in [0.05, 0.1) is 12.3 Å². The van der Waals surface area contributed by atoms with Gasteiger partial charge in [0.25, 0.3) is 5.91 Å². The maximum atomic E-state index is 13.6. The molecule has 0 aromatic heterocycles. The number of carbonyl (C=O) groups excluding carboxylic acids is 3. The fourth-order valence-corrected chi connectivity index (χ4v) is 6.33. The highest BCUT2D eigenvalue weighted by Gasteiger charge is 2.64. The first kappa shape index (κ1) is 27.9. The SMILES string of the molecule is CC1(C)SC2C(NC(=O)C(Nc3c(O)ccc(O)c3C(=O)NCCO)c3ccc(O)cc3)C(=O)N2C1C(=O)O. The van der Waals surface area contributed by atoms with E-state index in [1.165, 1.54) is 40.9 Å². The highest BCUT2D eigenvalue weighted by Crippen LogP contribution is 2.51. The Labute approximate surface area is 226 Å². The molecule has 0 radical (unpaired) electrons. The van der Waals surface area contributed by atoms with E-state index in [4.69, 9.17) is 5.11 Å². The molecule has 2 aliphatic rings. The molecule has 4 atom stereocenters. The molecule has 2 aliphatic heterocycles. The molecule has 0 saturated carbocycles. The van der Waals surface area contributed by atoms with Crippen molar-refractivity contribution in [1.29, 1.82) is 0 Å². The van der Waals surface area contributed by atoms with Crippen LogP contribution >= 0.6 is 11.8 Å². The number of aliphatic hydroxyl groups excluding tert-OH is 1. The summed E-state index contributed by atoms with van der Waals surface area (Å²) in [6.07, 6.45) is 0. The van der Waals surface area contributed by atoms with Gasteiger partial charge in [0.2, 0.25) is 11.8 Å². The molecule has 0 spiro atoms. The first-order valence-corrected chi connectivity index (χ1v) is 12.8. The molecule has 4 unspecified atom stereocenters. The number of aromatic hydroxyl groups is 3. The molecular formula is C25H28N4O9S. The predicted octanol–water partition coefficient (Wildman–Crippen LogP) is 0.310. The van der Waals surface area contributed by atoms with E-state index in [1.807, 2.05) is 0 Å². The van der Waals surface area contributed by atoms with Crippen molar-refractivity contribution in [3.8, 4) is 17.2 Å². The molecule has 14 heteroatoms. The average molecular weight is 561 g/mol. The number of nitrogens with zero attached hydrogens (tertiary/aromatic N) is 1. The third-order valence-electron chi connectivity index (χ3n) is 6.54. The van der Waals surface area contributed by atoms with Crippen molar-refractivity contribution < 1.29 is 44.7 Å². The van der Waals surface area contributed by atoms with Crippen molar-refractivity contribution in [2.75, 3.05) is 18.5 Å². The minimum atomic E-state index is -1.33. The zero-order valence-electron chi connectivity index (χ0n) is 20.9. The Balaban J connectivity index is 1.66. The highest BCUT2D eigenvalue weighted by atomic mass is 32.2. The number of rotatable bonds is 9. The second-order valence-corrected chi connectivity index (χ2v) is 11.4. The van der Waals surface area contributed by atoms with E-state index in [0.29, 0.717) is 0 Å². The smallest absolute Gasteiger partial charge is 0.327 e. The van der Waals surface area contributed by atoms with Gasteiger partial charge in [0, 0.05) is 11.3 Å². The number of phenols is 3. The second kappa shape index (κ2) is 10.5. The minimum Gasteiger partial charge on any atom is -0.508 e. The van der Waals surface area contributed by atoms with Crippen molar-refractivity contribution in [2.24, 2.45) is 0 Å². The number of amides is 3. The number of benzene rings is 2. The van der Waals surface area contributed by atoms with Crippen LogP contribution in [0.25, 0.3) is 0 Å². The van der Waals surface area contributed by atoms with E-state index in [-0.39, 0.29) is 35.7 Å². The van der Waals surface area contributed by atoms with Crippen LogP contribution in [0.4, 0.5) is 5.69 Å². The minimum absolute atomic E-state index is 0.0868. The molecule has 2 aromatic carbocycles. The molecule has 0 bridgehead atoms. The van der Waals surface area contributed by atoms with Crippen LogP contribution in [0.5, 0.6) is 17.2 Å². The van der Waals surface area contributed by atoms with Gasteiger partial charge >= 0.3 is 5.97 Å². The summed E-state index contributed by atoms with van der Waals surface area (Å²) in [5, 5.41) is 56.5. The van der Waals surface area contributed by atoms with Crippen LogP contribution in [0.1, 0.15) is 35.8 Å². The number of hydrogen-bond donors (Lipinski definition) is 8. The number of carboxylic acids is 1. The third kappa shape index (κ3) is 5.12. The molecule has 0 aliphatic carbocycles. The first-order valence-electron chi connectivity index (χ1n) is 11.9. The zero-order valence-corrected chi connectivity index (χ0v) is 21.7. The van der Waals surface area contributed by atoms with E-state index in [0.717, 1.165) is 12.1 Å². The first-order chi connectivity index (χ1) is 18.4. The van der Waals surface area contributed by atoms with E-state index < -0.39 is 63.4 Å². The van der Waals surface area contributed by atoms with Crippen molar-refractivity contribution in [3.05, 3.63) is 47.5 Å². The number of β-lactam (4-membered cyclic amide) rings is 1. The Hall–Kier alpha value is -4.17. The largest absolute Gasteiger partial charge is 0.508 e. The lowest BCUT2D eigenvalue weighted by atomic mass is 9.95. The van der Waals surface area contributed by atoms with Crippen LogP contribution in [0, 0.1) is 0 Å². The quantitative estimate of drug-likeness (QED) is 0.119. The van der Waals surface area contributed by atoms with Crippen molar-refractivity contribution in [1.82, 2.24) is 15.5 Å². The third-order valence-corrected chi connectivity index (χ3v) is 8.11. The standard InChI is InChI=1S/C25H28N4O9S/c1-25(2)19(24(37)38)29-22(36)18(23(29)39-25)28-21(35)16(11-3-5-12(31)6-4-11)27-17-14(33)8-7-13(32)15(17)20(34)26-9-10-30/h3-8,16,18-19,23,27,30-33H,9-10H2,1-2H3,(H,26,34)(H,28,35)(H,37,38). The summed E-state index contributed by atoms with van der Waals surface area (Å²) in [6, 6.07) is 4.24. The number of nitrogens with one attached hydrogen (secondary N) is 3.